The zero-order valence-corrected chi connectivity index (χ0v) is 20.5. The molecule has 1 aliphatic rings. The molecule has 0 aromatic heterocycles. The van der Waals surface area contributed by atoms with E-state index >= 15 is 0 Å². The average molecular weight is 494 g/mol. The zero-order chi connectivity index (χ0) is 26.0. The van der Waals surface area contributed by atoms with Crippen LogP contribution >= 0.6 is 0 Å². The highest BCUT2D eigenvalue weighted by Crippen LogP contribution is 2.43. The molecule has 0 fully saturated rings. The largest absolute Gasteiger partial charge is 0.497 e. The van der Waals surface area contributed by atoms with Crippen LogP contribution in [0.1, 0.15) is 59.5 Å². The highest BCUT2D eigenvalue weighted by Gasteiger charge is 2.36. The third-order valence-corrected chi connectivity index (χ3v) is 6.59. The van der Waals surface area contributed by atoms with E-state index in [0.717, 1.165) is 11.1 Å². The van der Waals surface area contributed by atoms with Crippen molar-refractivity contribution in [1.29, 1.82) is 0 Å². The third-order valence-electron chi connectivity index (χ3n) is 6.59. The van der Waals surface area contributed by atoms with Gasteiger partial charge in [-0.05, 0) is 61.4 Å². The molecule has 0 aliphatic carbocycles. The van der Waals surface area contributed by atoms with Gasteiger partial charge in [0.1, 0.15) is 17.6 Å². The van der Waals surface area contributed by atoms with Crippen LogP contribution in [-0.2, 0) is 10.2 Å². The van der Waals surface area contributed by atoms with Gasteiger partial charge >= 0.3 is 5.97 Å². The fourth-order valence-corrected chi connectivity index (χ4v) is 4.28. The number of amides is 1. The molecule has 1 amide bonds. The first kappa shape index (κ1) is 25.0. The van der Waals surface area contributed by atoms with E-state index in [1.165, 1.54) is 31.4 Å². The van der Waals surface area contributed by atoms with Crippen molar-refractivity contribution in [2.75, 3.05) is 14.2 Å². The number of carboxylic acid groups (broad SMARTS) is 1. The van der Waals surface area contributed by atoms with E-state index in [1.807, 2.05) is 6.07 Å². The van der Waals surface area contributed by atoms with E-state index in [2.05, 4.69) is 5.32 Å². The first-order valence-corrected chi connectivity index (χ1v) is 11.5. The number of carboxylic acids is 1. The van der Waals surface area contributed by atoms with E-state index in [9.17, 15) is 19.1 Å². The monoisotopic (exact) mass is 493 g/mol. The molecule has 3 aromatic rings. The molecular weight excluding hydrogens is 465 g/mol. The van der Waals surface area contributed by atoms with Crippen molar-refractivity contribution in [1.82, 2.24) is 5.32 Å². The van der Waals surface area contributed by atoms with E-state index in [-0.39, 0.29) is 17.2 Å². The molecule has 1 heterocycles. The number of aromatic carboxylic acids is 1. The summed E-state index contributed by atoms with van der Waals surface area (Å²) in [4.78, 5) is 24.7. The fraction of sp³-hybridized carbons (Fsp3) is 0.286. The summed E-state index contributed by atoms with van der Waals surface area (Å²) in [5, 5.41) is 12.3. The summed E-state index contributed by atoms with van der Waals surface area (Å²) in [6.07, 6.45) is -0.0100. The molecule has 1 aliphatic heterocycles. The summed E-state index contributed by atoms with van der Waals surface area (Å²) in [7, 11) is 2.95. The highest BCUT2D eigenvalue weighted by atomic mass is 19.1. The minimum atomic E-state index is -1.03. The molecule has 0 saturated heterocycles. The molecule has 4 rings (SSSR count). The summed E-state index contributed by atoms with van der Waals surface area (Å²) in [6.45, 7) is 3.47. The van der Waals surface area contributed by atoms with Gasteiger partial charge < -0.3 is 24.6 Å². The number of benzene rings is 3. The number of nitrogens with one attached hydrogen (secondary N) is 1. The van der Waals surface area contributed by atoms with Crippen LogP contribution in [0.4, 0.5) is 4.39 Å². The van der Waals surface area contributed by atoms with Crippen molar-refractivity contribution >= 4 is 11.9 Å². The van der Waals surface area contributed by atoms with E-state index in [4.69, 9.17) is 14.2 Å². The third kappa shape index (κ3) is 4.84. The Kier molecular flexibility index (Phi) is 6.88. The van der Waals surface area contributed by atoms with Gasteiger partial charge in [0, 0.05) is 18.1 Å². The van der Waals surface area contributed by atoms with Gasteiger partial charge in [0.15, 0.2) is 11.6 Å². The first-order valence-electron chi connectivity index (χ1n) is 11.5. The van der Waals surface area contributed by atoms with Gasteiger partial charge in [0.25, 0.3) is 0 Å². The summed E-state index contributed by atoms with van der Waals surface area (Å²) >= 11 is 0. The van der Waals surface area contributed by atoms with Crippen molar-refractivity contribution in [2.45, 2.75) is 37.8 Å². The molecule has 0 radical (unpaired) electrons. The number of ether oxygens (including phenoxy) is 3. The van der Waals surface area contributed by atoms with Crippen molar-refractivity contribution in [2.24, 2.45) is 0 Å². The van der Waals surface area contributed by atoms with Crippen LogP contribution in [0, 0.1) is 5.82 Å². The molecule has 2 N–H and O–H groups in total. The molecule has 0 unspecified atom stereocenters. The Labute approximate surface area is 208 Å². The number of carbonyl (C=O) groups excluding carboxylic acids is 1. The summed E-state index contributed by atoms with van der Waals surface area (Å²) in [5.74, 6) is -0.547. The lowest BCUT2D eigenvalue weighted by atomic mass is 9.82. The average Bonchev–Trinajstić information content (AvgIpc) is 2.88. The molecule has 7 nitrogen and oxygen atoms in total. The smallest absolute Gasteiger partial charge is 0.335 e. The van der Waals surface area contributed by atoms with Gasteiger partial charge in [0.2, 0.25) is 5.91 Å². The maximum atomic E-state index is 14.4. The molecular formula is C28H28FNO6. The molecule has 2 atom stereocenters. The minimum absolute atomic E-state index is 0.110. The van der Waals surface area contributed by atoms with Crippen LogP contribution in [-0.4, -0.2) is 31.2 Å². The van der Waals surface area contributed by atoms with Gasteiger partial charge in [0.05, 0.1) is 31.2 Å². The first-order chi connectivity index (χ1) is 17.1. The highest BCUT2D eigenvalue weighted by molar-refractivity contribution is 5.88. The van der Waals surface area contributed by atoms with Gasteiger partial charge in [-0.1, -0.05) is 18.2 Å². The van der Waals surface area contributed by atoms with Gasteiger partial charge in [-0.25, -0.2) is 9.18 Å². The Bertz CT molecular complexity index is 1290. The van der Waals surface area contributed by atoms with E-state index < -0.39 is 29.3 Å². The predicted molar refractivity (Wildman–Crippen MR) is 131 cm³/mol. The second-order valence-electron chi connectivity index (χ2n) is 9.17. The minimum Gasteiger partial charge on any atom is -0.497 e. The normalized spacial score (nSPS) is 16.9. The fourth-order valence-electron chi connectivity index (χ4n) is 4.28. The number of fused-ring (bicyclic) bond motifs is 1. The molecule has 0 bridgehead atoms. The van der Waals surface area contributed by atoms with E-state index in [0.29, 0.717) is 23.5 Å². The summed E-state index contributed by atoms with van der Waals surface area (Å²) < 4.78 is 30.9. The van der Waals surface area contributed by atoms with Crippen molar-refractivity contribution in [3.8, 4) is 17.2 Å². The van der Waals surface area contributed by atoms with Gasteiger partial charge in [-0.15, -0.1) is 0 Å². The van der Waals surface area contributed by atoms with Crippen molar-refractivity contribution in [3.63, 3.8) is 0 Å². The van der Waals surface area contributed by atoms with Crippen molar-refractivity contribution < 1.29 is 33.3 Å². The van der Waals surface area contributed by atoms with E-state index in [1.54, 1.807) is 51.3 Å². The molecule has 36 heavy (non-hydrogen) atoms. The molecule has 3 aromatic carbocycles. The van der Waals surface area contributed by atoms with Crippen LogP contribution in [0.3, 0.4) is 0 Å². The molecule has 0 spiro atoms. The predicted octanol–water partition coefficient (Wildman–Crippen LogP) is 5.20. The van der Waals surface area contributed by atoms with Crippen LogP contribution in [0.15, 0.2) is 60.7 Å². The molecule has 188 valence electrons. The lowest BCUT2D eigenvalue weighted by molar-refractivity contribution is -0.126. The quantitative estimate of drug-likeness (QED) is 0.470. The maximum Gasteiger partial charge on any atom is 0.335 e. The van der Waals surface area contributed by atoms with Gasteiger partial charge in [-0.2, -0.15) is 0 Å². The Hall–Kier alpha value is -4.07. The van der Waals surface area contributed by atoms with Crippen LogP contribution < -0.4 is 19.5 Å². The standard InChI is InChI=1S/C28H28FNO6/c1-28(2,18-9-12-23(35-4)21(29)13-18)27(33)30-22-15-24(16-5-7-17(8-6-16)26(31)32)36-25-14-19(34-3)10-11-20(22)25/h5-14,22,24H,15H2,1-4H3,(H,30,33)(H,31,32)/t22-,24-/m1/s1. The van der Waals surface area contributed by atoms with Crippen LogP contribution in [0.5, 0.6) is 17.2 Å². The van der Waals surface area contributed by atoms with Crippen LogP contribution in [0.2, 0.25) is 0 Å². The van der Waals surface area contributed by atoms with Gasteiger partial charge in [-0.3, -0.25) is 4.79 Å². The molecule has 8 heteroatoms. The second kappa shape index (κ2) is 9.89. The number of rotatable bonds is 7. The van der Waals surface area contributed by atoms with Crippen LogP contribution in [0.25, 0.3) is 0 Å². The number of hydrogen-bond acceptors (Lipinski definition) is 5. The number of methoxy groups -OCH3 is 2. The lowest BCUT2D eigenvalue weighted by Gasteiger charge is -2.35. The Morgan fingerprint density at radius 2 is 1.75 bits per heavy atom. The number of hydrogen-bond donors (Lipinski definition) is 2. The second-order valence-corrected chi connectivity index (χ2v) is 9.17. The Balaban J connectivity index is 1.64. The lowest BCUT2D eigenvalue weighted by Crippen LogP contribution is -2.43. The number of carbonyl (C=O) groups is 2. The van der Waals surface area contributed by atoms with Crippen molar-refractivity contribution in [3.05, 3.63) is 88.7 Å². The summed E-state index contributed by atoms with van der Waals surface area (Å²) in [6, 6.07) is 16.0. The molecule has 0 saturated carbocycles. The number of halogens is 1. The SMILES string of the molecule is COc1ccc2c(c1)O[C@@H](c1ccc(C(=O)O)cc1)C[C@H]2NC(=O)C(C)(C)c1ccc(OC)c(F)c1. The maximum absolute atomic E-state index is 14.4. The Morgan fingerprint density at radius 3 is 2.36 bits per heavy atom. The Morgan fingerprint density at radius 1 is 1.03 bits per heavy atom. The topological polar surface area (TPSA) is 94.1 Å². The summed E-state index contributed by atoms with van der Waals surface area (Å²) in [5.41, 5.74) is 1.23. The zero-order valence-electron chi connectivity index (χ0n) is 20.5.